The highest BCUT2D eigenvalue weighted by Gasteiger charge is 2.25. The molecule has 1 unspecified atom stereocenters. The van der Waals surface area contributed by atoms with Crippen LogP contribution in [0.1, 0.15) is 22.2 Å². The smallest absolute Gasteiger partial charge is 0.326 e. The lowest BCUT2D eigenvalue weighted by Crippen LogP contribution is -2.40. The number of aliphatic carboxylic acids is 1. The number of carbonyl (C=O) groups is 2. The molecule has 0 saturated carbocycles. The van der Waals surface area contributed by atoms with Crippen molar-refractivity contribution in [2.24, 2.45) is 0 Å². The number of halogens is 1. The summed E-state index contributed by atoms with van der Waals surface area (Å²) in [5, 5.41) is 9.77. The lowest BCUT2D eigenvalue weighted by Gasteiger charge is -2.21. The van der Waals surface area contributed by atoms with Crippen molar-refractivity contribution in [3.63, 3.8) is 0 Å². The van der Waals surface area contributed by atoms with Crippen LogP contribution >= 0.6 is 11.3 Å². The first-order chi connectivity index (χ1) is 9.32. The molecule has 6 heteroatoms. The van der Waals surface area contributed by atoms with Crippen LogP contribution < -0.4 is 0 Å². The summed E-state index contributed by atoms with van der Waals surface area (Å²) < 4.78 is 13.9. The minimum Gasteiger partial charge on any atom is -0.480 e. The van der Waals surface area contributed by atoms with Crippen LogP contribution in [-0.2, 0) is 4.79 Å². The van der Waals surface area contributed by atoms with Gasteiger partial charge in [-0.3, -0.25) is 4.79 Å². The van der Waals surface area contributed by atoms with Crippen molar-refractivity contribution in [3.05, 3.63) is 34.5 Å². The third kappa shape index (κ3) is 2.38. The van der Waals surface area contributed by atoms with E-state index in [4.69, 9.17) is 5.11 Å². The molecule has 1 aromatic heterocycles. The maximum atomic E-state index is 13.2. The van der Waals surface area contributed by atoms with Crippen LogP contribution in [0.2, 0.25) is 0 Å². The lowest BCUT2D eigenvalue weighted by molar-refractivity contribution is -0.141. The molecule has 0 fully saturated rings. The van der Waals surface area contributed by atoms with Crippen molar-refractivity contribution in [1.29, 1.82) is 0 Å². The lowest BCUT2D eigenvalue weighted by atomic mass is 10.1. The van der Waals surface area contributed by atoms with Gasteiger partial charge < -0.3 is 10.0 Å². The minimum atomic E-state index is -1.06. The molecule has 1 N–H and O–H groups in total. The fraction of sp³-hybridized carbons (Fsp3) is 0.286. The van der Waals surface area contributed by atoms with E-state index in [2.05, 4.69) is 0 Å². The van der Waals surface area contributed by atoms with Crippen LogP contribution in [0.15, 0.2) is 18.2 Å². The molecule has 0 spiro atoms. The third-order valence-electron chi connectivity index (χ3n) is 3.35. The zero-order valence-corrected chi connectivity index (χ0v) is 12.1. The van der Waals surface area contributed by atoms with Crippen LogP contribution in [0, 0.1) is 12.7 Å². The zero-order chi connectivity index (χ0) is 15.0. The number of rotatable bonds is 3. The van der Waals surface area contributed by atoms with Crippen LogP contribution in [0.3, 0.4) is 0 Å². The second kappa shape index (κ2) is 5.20. The molecule has 0 saturated heterocycles. The van der Waals surface area contributed by atoms with Crippen LogP contribution in [-0.4, -0.2) is 35.0 Å². The van der Waals surface area contributed by atoms with Gasteiger partial charge in [0.15, 0.2) is 0 Å². The highest BCUT2D eigenvalue weighted by atomic mass is 32.1. The number of amides is 1. The van der Waals surface area contributed by atoms with Gasteiger partial charge in [-0.25, -0.2) is 9.18 Å². The number of fused-ring (bicyclic) bond motifs is 1. The van der Waals surface area contributed by atoms with Crippen molar-refractivity contribution in [2.45, 2.75) is 19.9 Å². The number of hydrogen-bond donors (Lipinski definition) is 1. The van der Waals surface area contributed by atoms with E-state index in [0.717, 1.165) is 10.9 Å². The number of hydrogen-bond acceptors (Lipinski definition) is 3. The Morgan fingerprint density at radius 1 is 1.40 bits per heavy atom. The Labute approximate surface area is 119 Å². The van der Waals surface area contributed by atoms with Gasteiger partial charge in [0.05, 0.1) is 4.88 Å². The molecule has 2 rings (SSSR count). The Kier molecular flexibility index (Phi) is 3.76. The summed E-state index contributed by atoms with van der Waals surface area (Å²) >= 11 is 1.18. The molecule has 0 aliphatic heterocycles. The predicted octanol–water partition coefficient (Wildman–Crippen LogP) is 2.89. The summed E-state index contributed by atoms with van der Waals surface area (Å²) in [6.45, 7) is 3.23. The monoisotopic (exact) mass is 295 g/mol. The topological polar surface area (TPSA) is 57.6 Å². The number of benzene rings is 1. The molecule has 106 valence electrons. The molecule has 0 bridgehead atoms. The molecule has 1 amide bonds. The number of carboxylic acids is 1. The van der Waals surface area contributed by atoms with Crippen molar-refractivity contribution in [1.82, 2.24) is 4.90 Å². The Morgan fingerprint density at radius 3 is 2.65 bits per heavy atom. The van der Waals surface area contributed by atoms with Gasteiger partial charge in [0.25, 0.3) is 5.91 Å². The highest BCUT2D eigenvalue weighted by Crippen LogP contribution is 2.32. The largest absolute Gasteiger partial charge is 0.480 e. The van der Waals surface area contributed by atoms with Crippen molar-refractivity contribution >= 4 is 33.3 Å². The molecule has 1 heterocycles. The first kappa shape index (κ1) is 14.5. The van der Waals surface area contributed by atoms with E-state index in [1.165, 1.54) is 42.3 Å². The van der Waals surface area contributed by atoms with E-state index in [1.807, 2.05) is 0 Å². The second-order valence-electron chi connectivity index (χ2n) is 4.63. The molecule has 0 aliphatic rings. The normalized spacial score (nSPS) is 12.4. The predicted molar refractivity (Wildman–Crippen MR) is 75.7 cm³/mol. The molecule has 20 heavy (non-hydrogen) atoms. The molecular weight excluding hydrogens is 281 g/mol. The number of likely N-dealkylation sites (N-methyl/N-ethyl adjacent to an activating group) is 1. The van der Waals surface area contributed by atoms with E-state index in [0.29, 0.717) is 9.58 Å². The maximum Gasteiger partial charge on any atom is 0.326 e. The SMILES string of the molecule is Cc1c(C(=O)N(C)C(C)C(=O)O)sc2cc(F)ccc12. The Balaban J connectivity index is 2.45. The number of carbonyl (C=O) groups excluding carboxylic acids is 1. The van der Waals surface area contributed by atoms with Crippen LogP contribution in [0.5, 0.6) is 0 Å². The van der Waals surface area contributed by atoms with Crippen LogP contribution in [0.4, 0.5) is 4.39 Å². The average molecular weight is 295 g/mol. The molecule has 2 aromatic rings. The maximum absolute atomic E-state index is 13.2. The molecule has 1 aromatic carbocycles. The molecule has 0 radical (unpaired) electrons. The number of nitrogens with zero attached hydrogens (tertiary/aromatic N) is 1. The van der Waals surface area contributed by atoms with Gasteiger partial charge in [-0.1, -0.05) is 6.07 Å². The van der Waals surface area contributed by atoms with Gasteiger partial charge in [0.1, 0.15) is 11.9 Å². The van der Waals surface area contributed by atoms with Crippen molar-refractivity contribution < 1.29 is 19.1 Å². The zero-order valence-electron chi connectivity index (χ0n) is 11.3. The summed E-state index contributed by atoms with van der Waals surface area (Å²) in [6, 6.07) is 3.45. The highest BCUT2D eigenvalue weighted by molar-refractivity contribution is 7.21. The average Bonchev–Trinajstić information content (AvgIpc) is 2.72. The summed E-state index contributed by atoms with van der Waals surface area (Å²) in [5.41, 5.74) is 0.749. The standard InChI is InChI=1S/C14H14FNO3S/c1-7-10-5-4-9(15)6-11(10)20-12(7)13(17)16(3)8(2)14(18)19/h4-6,8H,1-3H3,(H,18,19). The fourth-order valence-electron chi connectivity index (χ4n) is 1.91. The first-order valence-corrected chi connectivity index (χ1v) is 6.83. The third-order valence-corrected chi connectivity index (χ3v) is 4.60. The van der Waals surface area contributed by atoms with Gasteiger partial charge in [-0.15, -0.1) is 11.3 Å². The van der Waals surface area contributed by atoms with Gasteiger partial charge in [0.2, 0.25) is 0 Å². The summed E-state index contributed by atoms with van der Waals surface area (Å²) in [4.78, 5) is 24.9. The number of thiophene rings is 1. The van der Waals surface area contributed by atoms with Crippen molar-refractivity contribution in [2.75, 3.05) is 7.05 Å². The van der Waals surface area contributed by atoms with E-state index >= 15 is 0 Å². The van der Waals surface area contributed by atoms with E-state index in [1.54, 1.807) is 13.0 Å². The first-order valence-electron chi connectivity index (χ1n) is 6.01. The van der Waals surface area contributed by atoms with Gasteiger partial charge >= 0.3 is 5.97 Å². The Morgan fingerprint density at radius 2 is 2.05 bits per heavy atom. The van der Waals surface area contributed by atoms with Crippen LogP contribution in [0.25, 0.3) is 10.1 Å². The van der Waals surface area contributed by atoms with E-state index in [-0.39, 0.29) is 11.7 Å². The molecule has 1 atom stereocenters. The summed E-state index contributed by atoms with van der Waals surface area (Å²) in [7, 11) is 1.45. The van der Waals surface area contributed by atoms with Gasteiger partial charge in [-0.05, 0) is 36.9 Å². The number of aryl methyl sites for hydroxylation is 1. The summed E-state index contributed by atoms with van der Waals surface area (Å²) in [6.07, 6.45) is 0. The van der Waals surface area contributed by atoms with E-state index < -0.39 is 12.0 Å². The molecular formula is C14H14FNO3S. The molecule has 4 nitrogen and oxygen atoms in total. The Bertz CT molecular complexity index is 695. The second-order valence-corrected chi connectivity index (χ2v) is 5.68. The van der Waals surface area contributed by atoms with Gasteiger partial charge in [-0.2, -0.15) is 0 Å². The van der Waals surface area contributed by atoms with Crippen molar-refractivity contribution in [3.8, 4) is 0 Å². The van der Waals surface area contributed by atoms with Gasteiger partial charge in [0, 0.05) is 11.7 Å². The molecule has 0 aliphatic carbocycles. The Hall–Kier alpha value is -1.95. The quantitative estimate of drug-likeness (QED) is 0.947. The number of carboxylic acid groups (broad SMARTS) is 1. The van der Waals surface area contributed by atoms with E-state index in [9.17, 15) is 14.0 Å². The fourth-order valence-corrected chi connectivity index (χ4v) is 3.12. The summed E-state index contributed by atoms with van der Waals surface area (Å²) in [5.74, 6) is -1.78. The minimum absolute atomic E-state index is 0.356.